The van der Waals surface area contributed by atoms with Gasteiger partial charge < -0.3 is 10.6 Å². The van der Waals surface area contributed by atoms with Crippen LogP contribution in [0.2, 0.25) is 0 Å². The van der Waals surface area contributed by atoms with Crippen LogP contribution in [0.15, 0.2) is 29.2 Å². The fourth-order valence-electron chi connectivity index (χ4n) is 2.57. The number of sulfone groups is 1. The van der Waals surface area contributed by atoms with Crippen LogP contribution >= 0.6 is 0 Å². The minimum atomic E-state index is -3.19. The van der Waals surface area contributed by atoms with E-state index in [1.54, 1.807) is 12.1 Å². The number of nitrogens with zero attached hydrogens (tertiary/aromatic N) is 1. The van der Waals surface area contributed by atoms with Crippen LogP contribution in [-0.4, -0.2) is 33.3 Å². The summed E-state index contributed by atoms with van der Waals surface area (Å²) in [6.07, 6.45) is 3.06. The molecule has 2 unspecified atom stereocenters. The molecule has 0 radical (unpaired) electrons. The van der Waals surface area contributed by atoms with Crippen LogP contribution in [0.3, 0.4) is 0 Å². The molecule has 0 aliphatic carbocycles. The fraction of sp³-hybridized carbons (Fsp3) is 0.538. The second-order valence-electron chi connectivity index (χ2n) is 5.07. The van der Waals surface area contributed by atoms with Crippen LogP contribution in [-0.2, 0) is 9.84 Å². The van der Waals surface area contributed by atoms with E-state index in [-0.39, 0.29) is 12.1 Å². The van der Waals surface area contributed by atoms with Gasteiger partial charge in [0.15, 0.2) is 9.84 Å². The number of hydrogen-bond acceptors (Lipinski definition) is 4. The lowest BCUT2D eigenvalue weighted by atomic mass is 9.98. The molecule has 4 nitrogen and oxygen atoms in total. The van der Waals surface area contributed by atoms with Crippen molar-refractivity contribution in [1.29, 1.82) is 0 Å². The Kier molecular flexibility index (Phi) is 3.64. The van der Waals surface area contributed by atoms with Crippen molar-refractivity contribution in [2.24, 2.45) is 5.73 Å². The van der Waals surface area contributed by atoms with Gasteiger partial charge >= 0.3 is 0 Å². The molecular weight excluding hydrogens is 248 g/mol. The molecule has 1 heterocycles. The zero-order valence-electron chi connectivity index (χ0n) is 10.8. The zero-order valence-corrected chi connectivity index (χ0v) is 11.7. The smallest absolute Gasteiger partial charge is 0.177 e. The first-order chi connectivity index (χ1) is 8.39. The molecule has 2 N–H and O–H groups in total. The number of anilines is 1. The van der Waals surface area contributed by atoms with E-state index in [0.29, 0.717) is 4.90 Å². The summed E-state index contributed by atoms with van der Waals surface area (Å²) in [7, 11) is -3.19. The summed E-state index contributed by atoms with van der Waals surface area (Å²) >= 11 is 0. The van der Waals surface area contributed by atoms with E-state index < -0.39 is 9.84 Å². The van der Waals surface area contributed by atoms with Gasteiger partial charge in [0, 0.05) is 24.9 Å². The monoisotopic (exact) mass is 268 g/mol. The van der Waals surface area contributed by atoms with Gasteiger partial charge in [-0.25, -0.2) is 8.42 Å². The number of nitrogens with two attached hydrogens (primary N) is 1. The Morgan fingerprint density at radius 3 is 2.61 bits per heavy atom. The topological polar surface area (TPSA) is 63.4 Å². The summed E-state index contributed by atoms with van der Waals surface area (Å²) in [6, 6.07) is 7.69. The maximum atomic E-state index is 11.8. The Bertz CT molecular complexity index is 528. The van der Waals surface area contributed by atoms with Gasteiger partial charge in [-0.1, -0.05) is 12.1 Å². The van der Waals surface area contributed by atoms with Crippen LogP contribution in [0.25, 0.3) is 0 Å². The summed E-state index contributed by atoms with van der Waals surface area (Å²) in [5, 5.41) is 0. The quantitative estimate of drug-likeness (QED) is 0.881. The highest BCUT2D eigenvalue weighted by Crippen LogP contribution is 2.30. The van der Waals surface area contributed by atoms with Crippen molar-refractivity contribution in [2.75, 3.05) is 17.7 Å². The molecule has 1 fully saturated rings. The molecule has 1 saturated heterocycles. The molecular formula is C13H20N2O2S. The molecule has 0 spiro atoms. The second kappa shape index (κ2) is 4.90. The molecule has 2 atom stereocenters. The highest BCUT2D eigenvalue weighted by Gasteiger charge is 2.26. The van der Waals surface area contributed by atoms with Crippen LogP contribution in [0.5, 0.6) is 0 Å². The van der Waals surface area contributed by atoms with Crippen LogP contribution < -0.4 is 10.6 Å². The van der Waals surface area contributed by atoms with Crippen molar-refractivity contribution in [3.05, 3.63) is 24.3 Å². The van der Waals surface area contributed by atoms with Crippen molar-refractivity contribution >= 4 is 15.5 Å². The predicted molar refractivity (Wildman–Crippen MR) is 73.6 cm³/mol. The summed E-state index contributed by atoms with van der Waals surface area (Å²) < 4.78 is 23.6. The summed E-state index contributed by atoms with van der Waals surface area (Å²) in [5.41, 5.74) is 6.75. The Morgan fingerprint density at radius 2 is 2.00 bits per heavy atom. The Morgan fingerprint density at radius 1 is 1.33 bits per heavy atom. The fourth-order valence-corrected chi connectivity index (χ4v) is 3.47. The van der Waals surface area contributed by atoms with Gasteiger partial charge in [-0.15, -0.1) is 0 Å². The lowest BCUT2D eigenvalue weighted by Crippen LogP contribution is -2.46. The van der Waals surface area contributed by atoms with Crippen molar-refractivity contribution in [1.82, 2.24) is 0 Å². The van der Waals surface area contributed by atoms with E-state index in [1.807, 2.05) is 12.1 Å². The molecule has 0 aromatic heterocycles. The van der Waals surface area contributed by atoms with E-state index in [0.717, 1.165) is 25.1 Å². The Labute approximate surface area is 109 Å². The zero-order chi connectivity index (χ0) is 13.3. The lowest BCUT2D eigenvalue weighted by molar-refractivity contribution is 0.428. The first kappa shape index (κ1) is 13.4. The van der Waals surface area contributed by atoms with Crippen molar-refractivity contribution < 1.29 is 8.42 Å². The molecule has 1 aromatic rings. The number of benzene rings is 1. The normalized spacial score (nSPS) is 25.2. The van der Waals surface area contributed by atoms with Gasteiger partial charge in [0.25, 0.3) is 0 Å². The van der Waals surface area contributed by atoms with E-state index in [9.17, 15) is 8.42 Å². The van der Waals surface area contributed by atoms with Gasteiger partial charge in [-0.3, -0.25) is 0 Å². The highest BCUT2D eigenvalue weighted by molar-refractivity contribution is 7.90. The molecule has 1 aliphatic heterocycles. The Balaban J connectivity index is 2.40. The van der Waals surface area contributed by atoms with Crippen molar-refractivity contribution in [3.63, 3.8) is 0 Å². The predicted octanol–water partition coefficient (Wildman–Crippen LogP) is 1.41. The lowest BCUT2D eigenvalue weighted by Gasteiger charge is -2.38. The maximum absolute atomic E-state index is 11.8. The molecule has 2 rings (SSSR count). The number of rotatable bonds is 2. The van der Waals surface area contributed by atoms with Crippen LogP contribution in [0.4, 0.5) is 5.69 Å². The second-order valence-corrected chi connectivity index (χ2v) is 7.05. The SMILES string of the molecule is CC1CC(N)CCN1c1ccccc1S(C)(=O)=O. The van der Waals surface area contributed by atoms with E-state index in [1.165, 1.54) is 6.26 Å². The third-order valence-electron chi connectivity index (χ3n) is 3.49. The molecule has 0 bridgehead atoms. The summed E-state index contributed by atoms with van der Waals surface area (Å²) in [5.74, 6) is 0. The van der Waals surface area contributed by atoms with Crippen LogP contribution in [0.1, 0.15) is 19.8 Å². The maximum Gasteiger partial charge on any atom is 0.177 e. The first-order valence-electron chi connectivity index (χ1n) is 6.21. The number of piperidine rings is 1. The molecule has 100 valence electrons. The third kappa shape index (κ3) is 2.67. The standard InChI is InChI=1S/C13H20N2O2S/c1-10-9-11(14)7-8-15(10)12-5-3-4-6-13(12)18(2,16)17/h3-6,10-11H,7-9,14H2,1-2H3. The van der Waals surface area contributed by atoms with Crippen LogP contribution in [0, 0.1) is 0 Å². The van der Waals surface area contributed by atoms with Gasteiger partial charge in [0.1, 0.15) is 0 Å². The van der Waals surface area contributed by atoms with Gasteiger partial charge in [-0.2, -0.15) is 0 Å². The third-order valence-corrected chi connectivity index (χ3v) is 4.64. The van der Waals surface area contributed by atoms with Crippen molar-refractivity contribution in [3.8, 4) is 0 Å². The molecule has 1 aliphatic rings. The van der Waals surface area contributed by atoms with E-state index in [4.69, 9.17) is 5.73 Å². The average Bonchev–Trinajstić information content (AvgIpc) is 2.28. The highest BCUT2D eigenvalue weighted by atomic mass is 32.2. The van der Waals surface area contributed by atoms with Gasteiger partial charge in [-0.05, 0) is 31.9 Å². The average molecular weight is 268 g/mol. The molecule has 0 saturated carbocycles. The van der Waals surface area contributed by atoms with Gasteiger partial charge in [0.2, 0.25) is 0 Å². The minimum Gasteiger partial charge on any atom is -0.368 e. The van der Waals surface area contributed by atoms with E-state index >= 15 is 0 Å². The molecule has 1 aromatic carbocycles. The number of hydrogen-bond donors (Lipinski definition) is 1. The minimum absolute atomic E-state index is 0.224. The first-order valence-corrected chi connectivity index (χ1v) is 8.10. The van der Waals surface area contributed by atoms with E-state index in [2.05, 4.69) is 11.8 Å². The summed E-state index contributed by atoms with van der Waals surface area (Å²) in [6.45, 7) is 2.91. The molecule has 18 heavy (non-hydrogen) atoms. The molecule has 5 heteroatoms. The number of para-hydroxylation sites is 1. The molecule has 0 amide bonds. The Hall–Kier alpha value is -1.07. The van der Waals surface area contributed by atoms with Gasteiger partial charge in [0.05, 0.1) is 10.6 Å². The summed E-state index contributed by atoms with van der Waals surface area (Å²) in [4.78, 5) is 2.56. The largest absolute Gasteiger partial charge is 0.368 e. The van der Waals surface area contributed by atoms with Crippen molar-refractivity contribution in [2.45, 2.75) is 36.7 Å².